The van der Waals surface area contributed by atoms with Crippen LogP contribution in [0.4, 0.5) is 18.0 Å². The summed E-state index contributed by atoms with van der Waals surface area (Å²) in [6.07, 6.45) is -6.27. The number of alkyl halides is 3. The number of carbonyl (C=O) groups is 4. The minimum Gasteiger partial charge on any atom is -0.467 e. The Labute approximate surface area is 198 Å². The average Bonchev–Trinajstić information content (AvgIpc) is 2.84. The van der Waals surface area contributed by atoms with Crippen LogP contribution in [0.15, 0.2) is 60.7 Å². The van der Waals surface area contributed by atoms with Gasteiger partial charge in [0.15, 0.2) is 6.04 Å². The Morgan fingerprint density at radius 3 is 1.94 bits per heavy atom. The number of ether oxygens (including phenoxy) is 3. The van der Waals surface area contributed by atoms with Crippen molar-refractivity contribution in [2.24, 2.45) is 0 Å². The third-order valence-electron chi connectivity index (χ3n) is 4.52. The van der Waals surface area contributed by atoms with Gasteiger partial charge in [0.25, 0.3) is 0 Å². The van der Waals surface area contributed by atoms with E-state index in [1.165, 1.54) is 0 Å². The fourth-order valence-corrected chi connectivity index (χ4v) is 2.79. The van der Waals surface area contributed by atoms with E-state index in [4.69, 9.17) is 4.74 Å². The zero-order valence-electron chi connectivity index (χ0n) is 18.5. The van der Waals surface area contributed by atoms with Crippen molar-refractivity contribution >= 4 is 23.9 Å². The van der Waals surface area contributed by atoms with E-state index < -0.39 is 48.8 Å². The summed E-state index contributed by atoms with van der Waals surface area (Å²) >= 11 is 0. The number of esters is 2. The third kappa shape index (κ3) is 9.35. The van der Waals surface area contributed by atoms with E-state index in [2.05, 4.69) is 20.1 Å². The first-order valence-corrected chi connectivity index (χ1v) is 10.2. The molecule has 0 bridgehead atoms. The van der Waals surface area contributed by atoms with Crippen molar-refractivity contribution in [3.63, 3.8) is 0 Å². The molecule has 0 radical (unpaired) electrons. The Bertz CT molecular complexity index is 1000. The van der Waals surface area contributed by atoms with Crippen LogP contribution < -0.4 is 10.6 Å². The monoisotopic (exact) mass is 496 g/mol. The van der Waals surface area contributed by atoms with Gasteiger partial charge in [0.05, 0.1) is 7.11 Å². The Hall–Kier alpha value is -4.09. The van der Waals surface area contributed by atoms with E-state index in [9.17, 15) is 32.3 Å². The molecule has 0 fully saturated rings. The van der Waals surface area contributed by atoms with Crippen molar-refractivity contribution in [2.75, 3.05) is 13.7 Å². The van der Waals surface area contributed by atoms with Crippen molar-refractivity contribution in [2.45, 2.75) is 31.3 Å². The highest BCUT2D eigenvalue weighted by Gasteiger charge is 2.42. The molecular weight excluding hydrogens is 473 g/mol. The van der Waals surface area contributed by atoms with Gasteiger partial charge in [-0.3, -0.25) is 4.79 Å². The summed E-state index contributed by atoms with van der Waals surface area (Å²) in [5, 5.41) is 4.52. The first-order valence-electron chi connectivity index (χ1n) is 10.2. The molecule has 2 N–H and O–H groups in total. The van der Waals surface area contributed by atoms with Gasteiger partial charge >= 0.3 is 24.2 Å². The van der Waals surface area contributed by atoms with Crippen LogP contribution in [-0.4, -0.2) is 55.9 Å². The fraction of sp³-hybridized carbons (Fsp3) is 0.304. The van der Waals surface area contributed by atoms with Crippen LogP contribution in [0.3, 0.4) is 0 Å². The average molecular weight is 496 g/mol. The highest BCUT2D eigenvalue weighted by atomic mass is 19.4. The van der Waals surface area contributed by atoms with Crippen molar-refractivity contribution in [1.82, 2.24) is 10.6 Å². The van der Waals surface area contributed by atoms with Crippen molar-refractivity contribution in [3.05, 3.63) is 71.8 Å². The number of rotatable bonds is 10. The second-order valence-corrected chi connectivity index (χ2v) is 7.13. The molecule has 12 heteroatoms. The Morgan fingerprint density at radius 2 is 1.40 bits per heavy atom. The molecule has 2 aromatic carbocycles. The molecule has 2 rings (SSSR count). The first kappa shape index (κ1) is 27.2. The summed E-state index contributed by atoms with van der Waals surface area (Å²) < 4.78 is 50.9. The second kappa shape index (κ2) is 13.0. The van der Waals surface area contributed by atoms with Gasteiger partial charge in [0, 0.05) is 6.42 Å². The molecule has 0 saturated heterocycles. The Kier molecular flexibility index (Phi) is 10.1. The van der Waals surface area contributed by atoms with Gasteiger partial charge < -0.3 is 24.8 Å². The highest BCUT2D eigenvalue weighted by Crippen LogP contribution is 2.16. The zero-order chi connectivity index (χ0) is 25.8. The Balaban J connectivity index is 2.10. The maximum Gasteiger partial charge on any atom is 0.490 e. The molecule has 0 aliphatic rings. The van der Waals surface area contributed by atoms with Gasteiger partial charge in [0.1, 0.15) is 19.3 Å². The van der Waals surface area contributed by atoms with Crippen LogP contribution in [0.2, 0.25) is 0 Å². The topological polar surface area (TPSA) is 120 Å². The van der Waals surface area contributed by atoms with E-state index in [1.54, 1.807) is 60.7 Å². The largest absolute Gasteiger partial charge is 0.490 e. The quantitative estimate of drug-likeness (QED) is 0.383. The van der Waals surface area contributed by atoms with Crippen molar-refractivity contribution in [1.29, 1.82) is 0 Å². The Morgan fingerprint density at radius 1 is 0.829 bits per heavy atom. The predicted octanol–water partition coefficient (Wildman–Crippen LogP) is 2.29. The molecule has 0 heterocycles. The maximum absolute atomic E-state index is 12.9. The molecule has 2 atom stereocenters. The van der Waals surface area contributed by atoms with E-state index in [0.29, 0.717) is 11.1 Å². The van der Waals surface area contributed by atoms with Crippen LogP contribution in [0.5, 0.6) is 0 Å². The van der Waals surface area contributed by atoms with Gasteiger partial charge in [-0.25, -0.2) is 14.4 Å². The summed E-state index contributed by atoms with van der Waals surface area (Å²) in [6, 6.07) is 14.2. The van der Waals surface area contributed by atoms with Gasteiger partial charge in [-0.15, -0.1) is 0 Å². The minimum absolute atomic E-state index is 0.0384. The standard InChI is InChI=1S/C23H23F3N2O7/c1-33-20(30)18(14-34-21(31)23(24,25)26)27-19(29)17(12-15-8-4-2-5-9-15)28-22(32)35-13-16-10-6-3-7-11-16/h2-11,17-18H,12-14H2,1H3,(H,27,29)(H,28,32)/t17-,18-/m0/s1. The second-order valence-electron chi connectivity index (χ2n) is 7.13. The molecule has 0 unspecified atom stereocenters. The number of hydrogen-bond donors (Lipinski definition) is 2. The summed E-state index contributed by atoms with van der Waals surface area (Å²) in [7, 11) is 0.938. The molecule has 0 spiro atoms. The molecule has 35 heavy (non-hydrogen) atoms. The number of benzene rings is 2. The molecule has 0 aromatic heterocycles. The number of methoxy groups -OCH3 is 1. The lowest BCUT2D eigenvalue weighted by Gasteiger charge is -2.22. The van der Waals surface area contributed by atoms with Gasteiger partial charge in [-0.05, 0) is 11.1 Å². The SMILES string of the molecule is COC(=O)[C@H](COC(=O)C(F)(F)F)NC(=O)[C@H](Cc1ccccc1)NC(=O)OCc1ccccc1. The van der Waals surface area contributed by atoms with E-state index in [-0.39, 0.29) is 13.0 Å². The molecule has 188 valence electrons. The van der Waals surface area contributed by atoms with Crippen LogP contribution in [0, 0.1) is 0 Å². The molecule has 2 aromatic rings. The van der Waals surface area contributed by atoms with Crippen LogP contribution in [-0.2, 0) is 41.6 Å². The van der Waals surface area contributed by atoms with Crippen LogP contribution >= 0.6 is 0 Å². The normalized spacial score (nSPS) is 12.6. The summed E-state index contributed by atoms with van der Waals surface area (Å²) in [4.78, 5) is 48.1. The van der Waals surface area contributed by atoms with Gasteiger partial charge in [0.2, 0.25) is 5.91 Å². The molecule has 2 amide bonds. The van der Waals surface area contributed by atoms with E-state index in [0.717, 1.165) is 7.11 Å². The number of alkyl carbamates (subject to hydrolysis) is 1. The lowest BCUT2D eigenvalue weighted by molar-refractivity contribution is -0.200. The molecule has 0 aliphatic heterocycles. The minimum atomic E-state index is -5.29. The summed E-state index contributed by atoms with van der Waals surface area (Å²) in [6.45, 7) is -1.21. The third-order valence-corrected chi connectivity index (χ3v) is 4.52. The number of amides is 2. The van der Waals surface area contributed by atoms with Gasteiger partial charge in [-0.1, -0.05) is 60.7 Å². The number of carbonyl (C=O) groups excluding carboxylic acids is 4. The smallest absolute Gasteiger partial charge is 0.467 e. The molecule has 0 aliphatic carbocycles. The number of hydrogen-bond acceptors (Lipinski definition) is 7. The molecule has 0 saturated carbocycles. The van der Waals surface area contributed by atoms with Crippen molar-refractivity contribution < 1.29 is 46.6 Å². The van der Waals surface area contributed by atoms with E-state index in [1.807, 2.05) is 0 Å². The fourth-order valence-electron chi connectivity index (χ4n) is 2.79. The predicted molar refractivity (Wildman–Crippen MR) is 115 cm³/mol. The van der Waals surface area contributed by atoms with E-state index >= 15 is 0 Å². The number of nitrogens with one attached hydrogen (secondary N) is 2. The van der Waals surface area contributed by atoms with Crippen LogP contribution in [0.1, 0.15) is 11.1 Å². The summed E-state index contributed by atoms with van der Waals surface area (Å²) in [5.41, 5.74) is 1.33. The molecule has 9 nitrogen and oxygen atoms in total. The molecular formula is C23H23F3N2O7. The maximum atomic E-state index is 12.9. The lowest BCUT2D eigenvalue weighted by Crippen LogP contribution is -2.54. The zero-order valence-corrected chi connectivity index (χ0v) is 18.5. The summed E-state index contributed by atoms with van der Waals surface area (Å²) in [5.74, 6) is -4.63. The van der Waals surface area contributed by atoms with Crippen molar-refractivity contribution in [3.8, 4) is 0 Å². The first-order chi connectivity index (χ1) is 16.6. The number of halogens is 3. The van der Waals surface area contributed by atoms with Gasteiger partial charge in [-0.2, -0.15) is 13.2 Å². The lowest BCUT2D eigenvalue weighted by atomic mass is 10.1. The van der Waals surface area contributed by atoms with Crippen LogP contribution in [0.25, 0.3) is 0 Å². The highest BCUT2D eigenvalue weighted by molar-refractivity contribution is 5.90.